The van der Waals surface area contributed by atoms with Gasteiger partial charge in [-0.2, -0.15) is 0 Å². The van der Waals surface area contributed by atoms with E-state index in [4.69, 9.17) is 16.3 Å². The summed E-state index contributed by atoms with van der Waals surface area (Å²) in [5.41, 5.74) is 1.03. The fourth-order valence-electron chi connectivity index (χ4n) is 1.90. The maximum Gasteiger partial charge on any atom is 0.165 e. The smallest absolute Gasteiger partial charge is 0.165 e. The maximum atomic E-state index is 13.9. The zero-order valence-corrected chi connectivity index (χ0v) is 12.4. The van der Waals surface area contributed by atoms with Crippen LogP contribution in [-0.2, 0) is 13.2 Å². The van der Waals surface area contributed by atoms with Crippen LogP contribution in [0.25, 0.3) is 0 Å². The van der Waals surface area contributed by atoms with Gasteiger partial charge in [0.25, 0.3) is 0 Å². The Morgan fingerprint density at radius 3 is 2.62 bits per heavy atom. The van der Waals surface area contributed by atoms with Gasteiger partial charge in [-0.3, -0.25) is 0 Å². The summed E-state index contributed by atoms with van der Waals surface area (Å²) in [6.45, 7) is 3.17. The van der Waals surface area contributed by atoms with Crippen molar-refractivity contribution in [1.29, 1.82) is 0 Å². The average Bonchev–Trinajstić information content (AvgIpc) is 2.45. The lowest BCUT2D eigenvalue weighted by molar-refractivity contribution is 0.281. The fraction of sp³-hybridized carbons (Fsp3) is 0.250. The summed E-state index contributed by atoms with van der Waals surface area (Å²) >= 11 is 5.69. The number of nitrogens with one attached hydrogen (secondary N) is 1. The van der Waals surface area contributed by atoms with Crippen LogP contribution in [0.2, 0.25) is 5.02 Å². The highest BCUT2D eigenvalue weighted by atomic mass is 35.5. The van der Waals surface area contributed by atoms with Crippen LogP contribution in [0.1, 0.15) is 18.1 Å². The van der Waals surface area contributed by atoms with E-state index in [9.17, 15) is 8.78 Å². The summed E-state index contributed by atoms with van der Waals surface area (Å²) in [6, 6.07) is 9.04. The van der Waals surface area contributed by atoms with E-state index in [2.05, 4.69) is 5.32 Å². The number of benzene rings is 2. The van der Waals surface area contributed by atoms with Gasteiger partial charge < -0.3 is 10.1 Å². The molecular weight excluding hydrogens is 296 g/mol. The second-order valence-corrected chi connectivity index (χ2v) is 4.97. The Bertz CT molecular complexity index is 619. The molecule has 0 atom stereocenters. The van der Waals surface area contributed by atoms with Crippen LogP contribution >= 0.6 is 11.6 Å². The molecule has 0 heterocycles. The van der Waals surface area contributed by atoms with Crippen molar-refractivity contribution in [2.24, 2.45) is 0 Å². The molecule has 0 aliphatic rings. The highest BCUT2D eigenvalue weighted by molar-refractivity contribution is 6.30. The van der Waals surface area contributed by atoms with E-state index in [1.165, 1.54) is 18.2 Å². The highest BCUT2D eigenvalue weighted by Crippen LogP contribution is 2.24. The third kappa shape index (κ3) is 4.16. The first kappa shape index (κ1) is 15.7. The monoisotopic (exact) mass is 311 g/mol. The molecule has 21 heavy (non-hydrogen) atoms. The summed E-state index contributed by atoms with van der Waals surface area (Å²) in [7, 11) is 0. The molecule has 1 N–H and O–H groups in total. The van der Waals surface area contributed by atoms with Gasteiger partial charge in [0, 0.05) is 22.7 Å². The van der Waals surface area contributed by atoms with E-state index >= 15 is 0 Å². The third-order valence-electron chi connectivity index (χ3n) is 3.00. The first-order valence-corrected chi connectivity index (χ1v) is 7.04. The number of halogens is 3. The van der Waals surface area contributed by atoms with Gasteiger partial charge in [0.1, 0.15) is 12.4 Å². The van der Waals surface area contributed by atoms with Gasteiger partial charge in [-0.1, -0.05) is 36.7 Å². The molecule has 0 saturated heterocycles. The minimum absolute atomic E-state index is 0.0525. The van der Waals surface area contributed by atoms with Gasteiger partial charge in [0.2, 0.25) is 0 Å². The summed E-state index contributed by atoms with van der Waals surface area (Å²) in [5, 5.41) is 3.43. The highest BCUT2D eigenvalue weighted by Gasteiger charge is 2.11. The van der Waals surface area contributed by atoms with Crippen LogP contribution in [0.4, 0.5) is 8.78 Å². The summed E-state index contributed by atoms with van der Waals surface area (Å²) in [6.07, 6.45) is 0. The molecule has 112 valence electrons. The Morgan fingerprint density at radius 2 is 1.90 bits per heavy atom. The van der Waals surface area contributed by atoms with Crippen molar-refractivity contribution in [2.75, 3.05) is 6.54 Å². The number of hydrogen-bond donors (Lipinski definition) is 1. The lowest BCUT2D eigenvalue weighted by Gasteiger charge is -2.13. The molecule has 0 saturated carbocycles. The van der Waals surface area contributed by atoms with E-state index in [-0.39, 0.29) is 12.4 Å². The van der Waals surface area contributed by atoms with Crippen LogP contribution in [-0.4, -0.2) is 6.54 Å². The van der Waals surface area contributed by atoms with Gasteiger partial charge in [0.15, 0.2) is 11.6 Å². The van der Waals surface area contributed by atoms with Crippen LogP contribution in [0, 0.1) is 11.6 Å². The number of hydrogen-bond acceptors (Lipinski definition) is 2. The first-order chi connectivity index (χ1) is 10.1. The molecule has 5 heteroatoms. The predicted octanol–water partition coefficient (Wildman–Crippen LogP) is 4.31. The molecule has 0 aliphatic heterocycles. The van der Waals surface area contributed by atoms with E-state index in [0.717, 1.165) is 6.54 Å². The van der Waals surface area contributed by atoms with Crippen LogP contribution in [0.5, 0.6) is 5.75 Å². The van der Waals surface area contributed by atoms with Gasteiger partial charge >= 0.3 is 0 Å². The third-order valence-corrected chi connectivity index (χ3v) is 3.24. The Balaban J connectivity index is 2.15. The molecule has 2 rings (SSSR count). The van der Waals surface area contributed by atoms with E-state index in [0.29, 0.717) is 22.7 Å². The fourth-order valence-corrected chi connectivity index (χ4v) is 2.06. The van der Waals surface area contributed by atoms with E-state index in [1.807, 2.05) is 6.92 Å². The topological polar surface area (TPSA) is 21.3 Å². The minimum Gasteiger partial charge on any atom is -0.485 e. The zero-order valence-electron chi connectivity index (χ0n) is 11.6. The maximum absolute atomic E-state index is 13.9. The SMILES string of the molecule is CCNCc1cccc(F)c1OCc1ccc(Cl)cc1F. The Labute approximate surface area is 127 Å². The van der Waals surface area contributed by atoms with E-state index in [1.54, 1.807) is 18.2 Å². The molecule has 2 aromatic carbocycles. The number of ether oxygens (including phenoxy) is 1. The molecular formula is C16H16ClF2NO. The van der Waals surface area contributed by atoms with Crippen molar-refractivity contribution in [3.63, 3.8) is 0 Å². The second-order valence-electron chi connectivity index (χ2n) is 4.53. The van der Waals surface area contributed by atoms with Gasteiger partial charge in [-0.25, -0.2) is 8.78 Å². The molecule has 0 aromatic heterocycles. The Morgan fingerprint density at radius 1 is 1.10 bits per heavy atom. The van der Waals surface area contributed by atoms with E-state index < -0.39 is 11.6 Å². The minimum atomic E-state index is -0.466. The van der Waals surface area contributed by atoms with Crippen LogP contribution in [0.3, 0.4) is 0 Å². The molecule has 0 unspecified atom stereocenters. The molecule has 0 bridgehead atoms. The lowest BCUT2D eigenvalue weighted by Crippen LogP contribution is -2.13. The largest absolute Gasteiger partial charge is 0.485 e. The average molecular weight is 312 g/mol. The molecule has 0 fully saturated rings. The van der Waals surface area contributed by atoms with Crippen LogP contribution in [0.15, 0.2) is 36.4 Å². The second kappa shape index (κ2) is 7.38. The van der Waals surface area contributed by atoms with Crippen molar-refractivity contribution in [3.8, 4) is 5.75 Å². The molecule has 0 radical (unpaired) electrons. The van der Waals surface area contributed by atoms with Crippen molar-refractivity contribution in [3.05, 3.63) is 64.2 Å². The summed E-state index contributed by atoms with van der Waals surface area (Å²) in [4.78, 5) is 0. The Hall–Kier alpha value is -1.65. The first-order valence-electron chi connectivity index (χ1n) is 6.66. The standard InChI is InChI=1S/C16H16ClF2NO/c1-2-20-9-11-4-3-5-14(18)16(11)21-10-12-6-7-13(17)8-15(12)19/h3-8,20H,2,9-10H2,1H3. The van der Waals surface area contributed by atoms with Gasteiger partial charge in [-0.15, -0.1) is 0 Å². The van der Waals surface area contributed by atoms with Crippen LogP contribution < -0.4 is 10.1 Å². The summed E-state index contributed by atoms with van der Waals surface area (Å²) < 4.78 is 33.0. The van der Waals surface area contributed by atoms with Crippen molar-refractivity contribution in [1.82, 2.24) is 5.32 Å². The van der Waals surface area contributed by atoms with Gasteiger partial charge in [0.05, 0.1) is 0 Å². The zero-order chi connectivity index (χ0) is 15.2. The molecule has 0 amide bonds. The normalized spacial score (nSPS) is 10.7. The van der Waals surface area contributed by atoms with Crippen molar-refractivity contribution >= 4 is 11.6 Å². The lowest BCUT2D eigenvalue weighted by atomic mass is 10.2. The molecule has 0 spiro atoms. The van der Waals surface area contributed by atoms with Crippen molar-refractivity contribution in [2.45, 2.75) is 20.1 Å². The number of para-hydroxylation sites is 1. The van der Waals surface area contributed by atoms with Crippen molar-refractivity contribution < 1.29 is 13.5 Å². The quantitative estimate of drug-likeness (QED) is 0.858. The van der Waals surface area contributed by atoms with Gasteiger partial charge in [-0.05, 0) is 24.7 Å². The summed E-state index contributed by atoms with van der Waals surface area (Å²) in [5.74, 6) is -0.778. The molecule has 2 aromatic rings. The molecule has 2 nitrogen and oxygen atoms in total. The number of rotatable bonds is 6. The predicted molar refractivity (Wildman–Crippen MR) is 79.5 cm³/mol. The molecule has 0 aliphatic carbocycles. The Kier molecular flexibility index (Phi) is 5.53.